The van der Waals surface area contributed by atoms with Crippen LogP contribution in [-0.4, -0.2) is 31.6 Å². The molecule has 0 unspecified atom stereocenters. The molecule has 0 saturated heterocycles. The van der Waals surface area contributed by atoms with E-state index in [4.69, 9.17) is 4.74 Å². The fourth-order valence-corrected chi connectivity index (χ4v) is 4.58. The number of benzene rings is 1. The molecule has 3 aromatic rings. The summed E-state index contributed by atoms with van der Waals surface area (Å²) in [4.78, 5) is 20.6. The number of nitrogens with one attached hydrogen (secondary N) is 1. The number of ether oxygens (including phenoxy) is 1. The van der Waals surface area contributed by atoms with Crippen molar-refractivity contribution in [2.45, 2.75) is 6.04 Å². The molecule has 0 bridgehead atoms. The van der Waals surface area contributed by atoms with E-state index in [1.165, 1.54) is 11.3 Å². The Balaban J connectivity index is 1.54. The number of nitrogens with zero attached hydrogens (tertiary/aromatic N) is 2. The molecule has 1 aliphatic rings. The van der Waals surface area contributed by atoms with Crippen LogP contribution in [0.4, 0.5) is 5.13 Å². The van der Waals surface area contributed by atoms with Gasteiger partial charge in [-0.3, -0.25) is 4.79 Å². The molecular formula is C16H15N3O2S2. The summed E-state index contributed by atoms with van der Waals surface area (Å²) in [7, 11) is 3.93. The number of carbonyl (C=O) groups excluding carboxylic acids is 1. The van der Waals surface area contributed by atoms with Crippen LogP contribution >= 0.6 is 22.7 Å². The zero-order valence-corrected chi connectivity index (χ0v) is 14.3. The summed E-state index contributed by atoms with van der Waals surface area (Å²) in [6, 6.07) is 9.64. The van der Waals surface area contributed by atoms with Gasteiger partial charge in [0.25, 0.3) is 5.91 Å². The van der Waals surface area contributed by atoms with Gasteiger partial charge in [-0.2, -0.15) is 0 Å². The van der Waals surface area contributed by atoms with Crippen molar-refractivity contribution in [1.29, 1.82) is 0 Å². The molecule has 23 heavy (non-hydrogen) atoms. The smallest absolute Gasteiger partial charge is 0.262 e. The molecule has 118 valence electrons. The SMILES string of the molecule is CN(C)c1nc2sc(C(=O)N[C@H]3COc4ccccc43)cc2s1. The normalized spacial score (nSPS) is 16.2. The number of para-hydroxylation sites is 1. The number of aromatic nitrogens is 1. The molecule has 0 fully saturated rings. The highest BCUT2D eigenvalue weighted by atomic mass is 32.1. The Morgan fingerprint density at radius 1 is 1.35 bits per heavy atom. The van der Waals surface area contributed by atoms with Crippen molar-refractivity contribution in [3.8, 4) is 5.75 Å². The maximum Gasteiger partial charge on any atom is 0.262 e. The first kappa shape index (κ1) is 14.5. The molecule has 0 aliphatic carbocycles. The lowest BCUT2D eigenvalue weighted by Crippen LogP contribution is -2.28. The second kappa shape index (κ2) is 5.50. The van der Waals surface area contributed by atoms with Gasteiger partial charge in [0, 0.05) is 19.7 Å². The molecule has 5 nitrogen and oxygen atoms in total. The minimum absolute atomic E-state index is 0.0723. The molecule has 1 N–H and O–H groups in total. The Kier molecular flexibility index (Phi) is 3.46. The topological polar surface area (TPSA) is 54.5 Å². The van der Waals surface area contributed by atoms with Crippen LogP contribution in [0, 0.1) is 0 Å². The van der Waals surface area contributed by atoms with Crippen LogP contribution in [0.25, 0.3) is 9.53 Å². The van der Waals surface area contributed by atoms with Crippen LogP contribution in [0.1, 0.15) is 21.3 Å². The number of hydrogen-bond donors (Lipinski definition) is 1. The standard InChI is InChI=1S/C16H15N3O2S2/c1-19(2)16-18-15-13(23-16)7-12(22-15)14(20)17-10-8-21-11-6-4-3-5-9(10)11/h3-7,10H,8H2,1-2H3,(H,17,20)/t10-/m0/s1. The summed E-state index contributed by atoms with van der Waals surface area (Å²) in [5.41, 5.74) is 1.03. The second-order valence-electron chi connectivity index (χ2n) is 5.55. The third kappa shape index (κ3) is 2.55. The largest absolute Gasteiger partial charge is 0.491 e. The molecule has 0 radical (unpaired) electrons. The van der Waals surface area contributed by atoms with Crippen molar-refractivity contribution in [1.82, 2.24) is 10.3 Å². The van der Waals surface area contributed by atoms with Gasteiger partial charge in [0.1, 0.15) is 17.2 Å². The second-order valence-corrected chi connectivity index (χ2v) is 7.59. The summed E-state index contributed by atoms with van der Waals surface area (Å²) >= 11 is 3.02. The number of fused-ring (bicyclic) bond motifs is 2. The van der Waals surface area contributed by atoms with Gasteiger partial charge in [0.15, 0.2) is 5.13 Å². The van der Waals surface area contributed by atoms with Crippen molar-refractivity contribution in [2.24, 2.45) is 0 Å². The molecule has 0 saturated carbocycles. The van der Waals surface area contributed by atoms with E-state index in [2.05, 4.69) is 10.3 Å². The van der Waals surface area contributed by atoms with Gasteiger partial charge in [-0.25, -0.2) is 4.98 Å². The van der Waals surface area contributed by atoms with E-state index in [9.17, 15) is 4.79 Å². The lowest BCUT2D eigenvalue weighted by Gasteiger charge is -2.10. The lowest BCUT2D eigenvalue weighted by atomic mass is 10.1. The average Bonchev–Trinajstić information content (AvgIpc) is 3.19. The fourth-order valence-electron chi connectivity index (χ4n) is 2.54. The fraction of sp³-hybridized carbons (Fsp3) is 0.250. The third-order valence-electron chi connectivity index (χ3n) is 3.69. The van der Waals surface area contributed by atoms with E-state index in [1.807, 2.05) is 49.3 Å². The Bertz CT molecular complexity index is 853. The van der Waals surface area contributed by atoms with Gasteiger partial charge in [0.05, 0.1) is 15.6 Å². The Labute approximate surface area is 141 Å². The van der Waals surface area contributed by atoms with Gasteiger partial charge in [0.2, 0.25) is 0 Å². The van der Waals surface area contributed by atoms with Crippen molar-refractivity contribution in [3.63, 3.8) is 0 Å². The number of hydrogen-bond acceptors (Lipinski definition) is 6. The van der Waals surface area contributed by atoms with Crippen LogP contribution in [0.2, 0.25) is 0 Å². The monoisotopic (exact) mass is 345 g/mol. The van der Waals surface area contributed by atoms with E-state index < -0.39 is 0 Å². The predicted molar refractivity (Wildman–Crippen MR) is 94.0 cm³/mol. The van der Waals surface area contributed by atoms with Crippen LogP contribution in [0.5, 0.6) is 5.75 Å². The summed E-state index contributed by atoms with van der Waals surface area (Å²) in [6.45, 7) is 0.480. The number of anilines is 1. The highest BCUT2D eigenvalue weighted by Crippen LogP contribution is 2.35. The minimum Gasteiger partial charge on any atom is -0.491 e. The molecule has 1 atom stereocenters. The van der Waals surface area contributed by atoms with Crippen molar-refractivity contribution < 1.29 is 9.53 Å². The molecule has 7 heteroatoms. The van der Waals surface area contributed by atoms with Crippen LogP contribution in [0.3, 0.4) is 0 Å². The number of thiazole rings is 1. The van der Waals surface area contributed by atoms with E-state index in [0.29, 0.717) is 11.5 Å². The van der Waals surface area contributed by atoms with E-state index in [0.717, 1.165) is 26.0 Å². The summed E-state index contributed by atoms with van der Waals surface area (Å²) in [5.74, 6) is 0.777. The van der Waals surface area contributed by atoms with Gasteiger partial charge in [-0.05, 0) is 12.1 Å². The van der Waals surface area contributed by atoms with Crippen molar-refractivity contribution >= 4 is 43.2 Å². The Hall–Kier alpha value is -2.12. The summed E-state index contributed by atoms with van der Waals surface area (Å²) in [6.07, 6.45) is 0. The quantitative estimate of drug-likeness (QED) is 0.791. The first-order chi connectivity index (χ1) is 11.1. The van der Waals surface area contributed by atoms with Crippen LogP contribution < -0.4 is 15.0 Å². The first-order valence-electron chi connectivity index (χ1n) is 7.22. The molecule has 1 aromatic carbocycles. The molecule has 0 spiro atoms. The van der Waals surface area contributed by atoms with Gasteiger partial charge in [-0.1, -0.05) is 29.5 Å². The molecular weight excluding hydrogens is 330 g/mol. The summed E-state index contributed by atoms with van der Waals surface area (Å²) < 4.78 is 6.65. The summed E-state index contributed by atoms with van der Waals surface area (Å²) in [5, 5.41) is 4.01. The molecule has 2 aromatic heterocycles. The van der Waals surface area contributed by atoms with Gasteiger partial charge < -0.3 is 15.0 Å². The average molecular weight is 345 g/mol. The lowest BCUT2D eigenvalue weighted by molar-refractivity contribution is 0.0934. The highest BCUT2D eigenvalue weighted by Gasteiger charge is 2.26. The van der Waals surface area contributed by atoms with E-state index in [1.54, 1.807) is 11.3 Å². The van der Waals surface area contributed by atoms with E-state index in [-0.39, 0.29) is 11.9 Å². The van der Waals surface area contributed by atoms with Gasteiger partial charge in [-0.15, -0.1) is 11.3 Å². The zero-order chi connectivity index (χ0) is 16.0. The van der Waals surface area contributed by atoms with Gasteiger partial charge >= 0.3 is 0 Å². The highest BCUT2D eigenvalue weighted by molar-refractivity contribution is 7.29. The third-order valence-corrected chi connectivity index (χ3v) is 6.02. The number of carbonyl (C=O) groups is 1. The molecule has 3 heterocycles. The minimum atomic E-state index is -0.0934. The van der Waals surface area contributed by atoms with E-state index >= 15 is 0 Å². The maximum atomic E-state index is 12.5. The molecule has 1 amide bonds. The van der Waals surface area contributed by atoms with Crippen LogP contribution in [-0.2, 0) is 0 Å². The molecule has 4 rings (SSSR count). The molecule has 1 aliphatic heterocycles. The maximum absolute atomic E-state index is 12.5. The Morgan fingerprint density at radius 2 is 2.17 bits per heavy atom. The predicted octanol–water partition coefficient (Wildman–Crippen LogP) is 3.29. The Morgan fingerprint density at radius 3 is 2.96 bits per heavy atom. The number of rotatable bonds is 3. The first-order valence-corrected chi connectivity index (χ1v) is 8.85. The zero-order valence-electron chi connectivity index (χ0n) is 12.7. The number of amides is 1. The van der Waals surface area contributed by atoms with Crippen molar-refractivity contribution in [2.75, 3.05) is 25.6 Å². The van der Waals surface area contributed by atoms with Crippen LogP contribution in [0.15, 0.2) is 30.3 Å². The number of thiophene rings is 1. The van der Waals surface area contributed by atoms with Crippen molar-refractivity contribution in [3.05, 3.63) is 40.8 Å².